The fraction of sp³-hybridized carbons (Fsp3) is 0.524. The number of carbonyl (C=O) groups excluding carboxylic acids is 2. The highest BCUT2D eigenvalue weighted by Crippen LogP contribution is 2.14. The lowest BCUT2D eigenvalue weighted by Crippen LogP contribution is -1.97. The Morgan fingerprint density at radius 2 is 1.52 bits per heavy atom. The van der Waals surface area contributed by atoms with Crippen LogP contribution in [0.25, 0.3) is 6.08 Å². The predicted molar refractivity (Wildman–Crippen MR) is 101 cm³/mol. The van der Waals surface area contributed by atoms with Crippen LogP contribution >= 0.6 is 0 Å². The van der Waals surface area contributed by atoms with Crippen LogP contribution in [-0.2, 0) is 14.3 Å². The van der Waals surface area contributed by atoms with Crippen LogP contribution in [0.3, 0.4) is 0 Å². The molecule has 0 heterocycles. The second-order valence-electron chi connectivity index (χ2n) is 6.20. The molecule has 0 aliphatic carbocycles. The van der Waals surface area contributed by atoms with Crippen LogP contribution in [0, 0.1) is 0 Å². The minimum atomic E-state index is -0.362. The third-order valence-corrected chi connectivity index (χ3v) is 3.94. The fourth-order valence-corrected chi connectivity index (χ4v) is 2.46. The second-order valence-corrected chi connectivity index (χ2v) is 6.20. The Morgan fingerprint density at radius 1 is 0.920 bits per heavy atom. The van der Waals surface area contributed by atoms with E-state index < -0.39 is 0 Å². The summed E-state index contributed by atoms with van der Waals surface area (Å²) in [5, 5.41) is 0. The van der Waals surface area contributed by atoms with Crippen molar-refractivity contribution in [2.45, 2.75) is 58.3 Å². The maximum Gasteiger partial charge on any atom is 0.330 e. The normalized spacial score (nSPS) is 10.8. The highest BCUT2D eigenvalue weighted by Gasteiger charge is 1.97. The van der Waals surface area contributed by atoms with E-state index in [0.717, 1.165) is 43.6 Å². The third-order valence-electron chi connectivity index (χ3n) is 3.94. The van der Waals surface area contributed by atoms with Crippen molar-refractivity contribution in [1.82, 2.24) is 0 Å². The van der Waals surface area contributed by atoms with Crippen molar-refractivity contribution in [3.05, 3.63) is 35.9 Å². The Kier molecular flexibility index (Phi) is 11.1. The molecule has 1 aromatic rings. The van der Waals surface area contributed by atoms with Crippen LogP contribution in [0.1, 0.15) is 63.9 Å². The van der Waals surface area contributed by atoms with Gasteiger partial charge in [-0.15, -0.1) is 0 Å². The number of rotatable bonds is 13. The summed E-state index contributed by atoms with van der Waals surface area (Å²) in [6, 6.07) is 7.64. The third kappa shape index (κ3) is 11.1. The zero-order valence-corrected chi connectivity index (χ0v) is 15.5. The molecule has 0 saturated heterocycles. The number of Topliss-reactive ketones (excluding diaryl/α,β-unsaturated/α-hetero) is 1. The van der Waals surface area contributed by atoms with Crippen molar-refractivity contribution in [2.24, 2.45) is 0 Å². The van der Waals surface area contributed by atoms with Crippen molar-refractivity contribution >= 4 is 17.8 Å². The summed E-state index contributed by atoms with van der Waals surface area (Å²) < 4.78 is 10.3. The first-order chi connectivity index (χ1) is 12.1. The summed E-state index contributed by atoms with van der Waals surface area (Å²) in [4.78, 5) is 21.9. The van der Waals surface area contributed by atoms with Gasteiger partial charge in [-0.2, -0.15) is 0 Å². The van der Waals surface area contributed by atoms with Gasteiger partial charge >= 0.3 is 5.97 Å². The molecule has 25 heavy (non-hydrogen) atoms. The van der Waals surface area contributed by atoms with Crippen LogP contribution in [0.4, 0.5) is 0 Å². The molecule has 0 aliphatic heterocycles. The van der Waals surface area contributed by atoms with Crippen LogP contribution < -0.4 is 4.74 Å². The van der Waals surface area contributed by atoms with Crippen molar-refractivity contribution in [3.63, 3.8) is 0 Å². The van der Waals surface area contributed by atoms with Gasteiger partial charge in [0.1, 0.15) is 11.5 Å². The van der Waals surface area contributed by atoms with Gasteiger partial charge in [-0.3, -0.25) is 0 Å². The number of hydrogen-bond acceptors (Lipinski definition) is 4. The van der Waals surface area contributed by atoms with Crippen LogP contribution in [0.2, 0.25) is 0 Å². The zero-order valence-electron chi connectivity index (χ0n) is 15.5. The molecule has 0 fully saturated rings. The van der Waals surface area contributed by atoms with Crippen LogP contribution in [0.15, 0.2) is 30.3 Å². The molecule has 0 radical (unpaired) electrons. The van der Waals surface area contributed by atoms with Crippen LogP contribution in [-0.4, -0.2) is 25.5 Å². The van der Waals surface area contributed by atoms with E-state index in [2.05, 4.69) is 4.74 Å². The highest BCUT2D eigenvalue weighted by molar-refractivity contribution is 5.86. The number of methoxy groups -OCH3 is 1. The molecule has 0 N–H and O–H groups in total. The molecule has 4 heteroatoms. The van der Waals surface area contributed by atoms with Crippen molar-refractivity contribution in [1.29, 1.82) is 0 Å². The van der Waals surface area contributed by atoms with E-state index in [4.69, 9.17) is 4.74 Å². The molecule has 0 amide bonds. The predicted octanol–water partition coefficient (Wildman–Crippen LogP) is 4.96. The smallest absolute Gasteiger partial charge is 0.330 e. The standard InChI is InChI=1S/C21H30O4/c1-18(22)10-8-6-4-3-5-7-9-17-25-20-14-11-19(12-15-20)13-16-21(23)24-2/h11-16H,3-10,17H2,1-2H3/b16-13+. The SMILES string of the molecule is COC(=O)/C=C/c1ccc(OCCCCCCCCCC(C)=O)cc1. The minimum absolute atomic E-state index is 0.296. The number of ketones is 1. The summed E-state index contributed by atoms with van der Waals surface area (Å²) in [5.41, 5.74) is 0.933. The van der Waals surface area contributed by atoms with Gasteiger partial charge in [-0.05, 0) is 43.5 Å². The highest BCUT2D eigenvalue weighted by atomic mass is 16.5. The molecule has 0 aliphatic rings. The summed E-state index contributed by atoms with van der Waals surface area (Å²) in [6.07, 6.45) is 11.9. The first-order valence-corrected chi connectivity index (χ1v) is 9.10. The summed E-state index contributed by atoms with van der Waals surface area (Å²) >= 11 is 0. The molecule has 138 valence electrons. The number of carbonyl (C=O) groups is 2. The molecular formula is C21H30O4. The van der Waals surface area contributed by atoms with E-state index >= 15 is 0 Å². The average molecular weight is 346 g/mol. The summed E-state index contributed by atoms with van der Waals surface area (Å²) in [6.45, 7) is 2.38. The number of ether oxygens (including phenoxy) is 2. The molecule has 0 spiro atoms. The van der Waals surface area contributed by atoms with Gasteiger partial charge in [-0.1, -0.05) is 44.2 Å². The molecule has 0 unspecified atom stereocenters. The Balaban J connectivity index is 2.05. The fourth-order valence-electron chi connectivity index (χ4n) is 2.46. The van der Waals surface area contributed by atoms with Gasteiger partial charge < -0.3 is 14.3 Å². The monoisotopic (exact) mass is 346 g/mol. The number of hydrogen-bond donors (Lipinski definition) is 0. The molecule has 0 atom stereocenters. The Hall–Kier alpha value is -2.10. The summed E-state index contributed by atoms with van der Waals surface area (Å²) in [7, 11) is 1.36. The lowest BCUT2D eigenvalue weighted by atomic mass is 10.1. The van der Waals surface area contributed by atoms with Gasteiger partial charge in [0.15, 0.2) is 0 Å². The molecule has 1 rings (SSSR count). The lowest BCUT2D eigenvalue weighted by Gasteiger charge is -2.06. The molecule has 1 aromatic carbocycles. The van der Waals surface area contributed by atoms with Crippen molar-refractivity contribution in [3.8, 4) is 5.75 Å². The number of esters is 1. The van der Waals surface area contributed by atoms with E-state index in [-0.39, 0.29) is 5.97 Å². The molecule has 0 saturated carbocycles. The van der Waals surface area contributed by atoms with E-state index in [1.54, 1.807) is 13.0 Å². The minimum Gasteiger partial charge on any atom is -0.494 e. The first kappa shape index (κ1) is 20.9. The molecule has 4 nitrogen and oxygen atoms in total. The van der Waals surface area contributed by atoms with Gasteiger partial charge in [0.2, 0.25) is 0 Å². The van der Waals surface area contributed by atoms with Gasteiger partial charge in [0, 0.05) is 12.5 Å². The molecule has 0 bridgehead atoms. The summed E-state index contributed by atoms with van der Waals surface area (Å²) in [5.74, 6) is 0.781. The zero-order chi connectivity index (χ0) is 18.3. The first-order valence-electron chi connectivity index (χ1n) is 9.10. The van der Waals surface area contributed by atoms with E-state index in [0.29, 0.717) is 5.78 Å². The Labute approximate surface area is 151 Å². The lowest BCUT2D eigenvalue weighted by molar-refractivity contribution is -0.134. The van der Waals surface area contributed by atoms with E-state index in [9.17, 15) is 9.59 Å². The number of benzene rings is 1. The Bertz CT molecular complexity index is 531. The van der Waals surface area contributed by atoms with Crippen LogP contribution in [0.5, 0.6) is 5.75 Å². The molecular weight excluding hydrogens is 316 g/mol. The van der Waals surface area contributed by atoms with E-state index in [1.165, 1.54) is 38.9 Å². The second kappa shape index (κ2) is 13.2. The Morgan fingerprint density at radius 3 is 2.12 bits per heavy atom. The molecule has 0 aromatic heterocycles. The van der Waals surface area contributed by atoms with Gasteiger partial charge in [0.25, 0.3) is 0 Å². The van der Waals surface area contributed by atoms with Gasteiger partial charge in [0.05, 0.1) is 13.7 Å². The van der Waals surface area contributed by atoms with Crippen molar-refractivity contribution < 1.29 is 19.1 Å². The largest absolute Gasteiger partial charge is 0.494 e. The topological polar surface area (TPSA) is 52.6 Å². The maximum atomic E-state index is 11.0. The van der Waals surface area contributed by atoms with Crippen molar-refractivity contribution in [2.75, 3.05) is 13.7 Å². The average Bonchev–Trinajstić information content (AvgIpc) is 2.62. The van der Waals surface area contributed by atoms with Gasteiger partial charge in [-0.25, -0.2) is 4.79 Å². The quantitative estimate of drug-likeness (QED) is 0.288. The maximum absolute atomic E-state index is 11.0. The number of unbranched alkanes of at least 4 members (excludes halogenated alkanes) is 6. The van der Waals surface area contributed by atoms with E-state index in [1.807, 2.05) is 24.3 Å².